The molecule has 1 aromatic carbocycles. The van der Waals surface area contributed by atoms with Crippen molar-refractivity contribution in [1.29, 1.82) is 0 Å². The van der Waals surface area contributed by atoms with Crippen LogP contribution in [0.3, 0.4) is 0 Å². The van der Waals surface area contributed by atoms with Crippen molar-refractivity contribution in [2.24, 2.45) is 5.92 Å². The van der Waals surface area contributed by atoms with E-state index < -0.39 is 0 Å². The zero-order valence-corrected chi connectivity index (χ0v) is 12.2. The first-order valence-electron chi connectivity index (χ1n) is 5.25. The van der Waals surface area contributed by atoms with Gasteiger partial charge in [0.25, 0.3) is 0 Å². The predicted molar refractivity (Wildman–Crippen MR) is 77.1 cm³/mol. The van der Waals surface area contributed by atoms with E-state index in [2.05, 4.69) is 59.7 Å². The van der Waals surface area contributed by atoms with Crippen LogP contribution in [0.25, 0.3) is 0 Å². The predicted octanol–water partition coefficient (Wildman–Crippen LogP) is 4.89. The maximum atomic E-state index is 4.39. The second-order valence-electron chi connectivity index (χ2n) is 3.61. The van der Waals surface area contributed by atoms with E-state index in [0.29, 0.717) is 0 Å². The van der Waals surface area contributed by atoms with Gasteiger partial charge in [-0.3, -0.25) is 0 Å². The van der Waals surface area contributed by atoms with Crippen molar-refractivity contribution >= 4 is 40.3 Å². The lowest BCUT2D eigenvalue weighted by atomic mass is 10.1. The van der Waals surface area contributed by atoms with E-state index in [4.69, 9.17) is 0 Å². The average molecular weight is 305 g/mol. The molecule has 1 rings (SSSR count). The highest BCUT2D eigenvalue weighted by Gasteiger charge is 2.06. The first-order chi connectivity index (χ1) is 7.26. The van der Waals surface area contributed by atoms with E-state index in [1.807, 2.05) is 11.8 Å². The van der Waals surface area contributed by atoms with E-state index in [1.165, 1.54) is 23.5 Å². The summed E-state index contributed by atoms with van der Waals surface area (Å²) in [6, 6.07) is 8.48. The van der Waals surface area contributed by atoms with Gasteiger partial charge in [0.1, 0.15) is 0 Å². The maximum Gasteiger partial charge on any atom is 0.0186 e. The van der Waals surface area contributed by atoms with Gasteiger partial charge in [-0.05, 0) is 36.3 Å². The molecule has 1 atom stereocenters. The van der Waals surface area contributed by atoms with Crippen molar-refractivity contribution < 1.29 is 0 Å². The molecule has 0 radical (unpaired) electrons. The van der Waals surface area contributed by atoms with Gasteiger partial charge in [0.15, 0.2) is 0 Å². The van der Waals surface area contributed by atoms with Gasteiger partial charge in [-0.25, -0.2) is 0 Å². The number of hydrogen-bond donors (Lipinski definition) is 1. The van der Waals surface area contributed by atoms with Gasteiger partial charge < -0.3 is 0 Å². The van der Waals surface area contributed by atoms with Crippen molar-refractivity contribution in [3.05, 3.63) is 28.7 Å². The van der Waals surface area contributed by atoms with Crippen LogP contribution in [-0.4, -0.2) is 11.5 Å². The van der Waals surface area contributed by atoms with Crippen LogP contribution in [0.4, 0.5) is 0 Å². The van der Waals surface area contributed by atoms with Gasteiger partial charge in [0, 0.05) is 15.1 Å². The van der Waals surface area contributed by atoms with E-state index in [0.717, 1.165) is 16.1 Å². The molecular formula is C12H17BrS2. The highest BCUT2D eigenvalue weighted by atomic mass is 79.9. The summed E-state index contributed by atoms with van der Waals surface area (Å²) in [7, 11) is 0. The highest BCUT2D eigenvalue weighted by Crippen LogP contribution is 2.25. The summed E-state index contributed by atoms with van der Waals surface area (Å²) in [6.07, 6.45) is 2.54. The van der Waals surface area contributed by atoms with E-state index in [-0.39, 0.29) is 0 Å². The largest absolute Gasteiger partial charge is 0.179 e. The Kier molecular flexibility index (Phi) is 6.86. The molecule has 0 aliphatic heterocycles. The van der Waals surface area contributed by atoms with Crippen molar-refractivity contribution in [3.63, 3.8) is 0 Å². The molecule has 1 aromatic rings. The van der Waals surface area contributed by atoms with Crippen LogP contribution < -0.4 is 0 Å². The molecule has 0 spiro atoms. The number of thioether (sulfide) groups is 1. The van der Waals surface area contributed by atoms with Crippen molar-refractivity contribution in [2.45, 2.75) is 24.7 Å². The summed E-state index contributed by atoms with van der Waals surface area (Å²) >= 11 is 9.81. The summed E-state index contributed by atoms with van der Waals surface area (Å²) in [6.45, 7) is 2.24. The normalized spacial score (nSPS) is 12.7. The average Bonchev–Trinajstić information content (AvgIpc) is 2.24. The fraction of sp³-hybridized carbons (Fsp3) is 0.500. The maximum absolute atomic E-state index is 4.39. The molecule has 0 N–H and O–H groups in total. The molecule has 0 nitrogen and oxygen atoms in total. The third kappa shape index (κ3) is 5.32. The molecule has 0 aliphatic rings. The third-order valence-electron chi connectivity index (χ3n) is 2.24. The second kappa shape index (κ2) is 7.64. The molecule has 3 heteroatoms. The Balaban J connectivity index is 2.41. The molecule has 0 aliphatic carbocycles. The zero-order valence-electron chi connectivity index (χ0n) is 8.95. The fourth-order valence-electron chi connectivity index (χ4n) is 1.41. The van der Waals surface area contributed by atoms with Gasteiger partial charge in [-0.15, -0.1) is 11.8 Å². The monoisotopic (exact) mass is 304 g/mol. The molecule has 0 fully saturated rings. The lowest BCUT2D eigenvalue weighted by Crippen LogP contribution is -2.04. The summed E-state index contributed by atoms with van der Waals surface area (Å²) in [5.41, 5.74) is 0. The zero-order chi connectivity index (χ0) is 11.1. The Morgan fingerprint density at radius 1 is 1.47 bits per heavy atom. The Hall–Kier alpha value is 0.400. The molecular weight excluding hydrogens is 288 g/mol. The van der Waals surface area contributed by atoms with Crippen molar-refractivity contribution in [3.8, 4) is 0 Å². The molecule has 0 amide bonds. The molecule has 0 saturated heterocycles. The van der Waals surface area contributed by atoms with Crippen LogP contribution in [0, 0.1) is 5.92 Å². The first kappa shape index (κ1) is 13.5. The Morgan fingerprint density at radius 2 is 2.27 bits per heavy atom. The van der Waals surface area contributed by atoms with Crippen LogP contribution in [0.1, 0.15) is 19.8 Å². The quantitative estimate of drug-likeness (QED) is 0.577. The minimum atomic E-state index is 0.738. The minimum absolute atomic E-state index is 0.738. The summed E-state index contributed by atoms with van der Waals surface area (Å²) in [5.74, 6) is 2.91. The molecule has 1 unspecified atom stereocenters. The first-order valence-corrected chi connectivity index (χ1v) is 7.66. The summed E-state index contributed by atoms with van der Waals surface area (Å²) < 4.78 is 1.16. The Labute approximate surface area is 111 Å². The van der Waals surface area contributed by atoms with E-state index in [9.17, 15) is 0 Å². The minimum Gasteiger partial charge on any atom is -0.179 e. The van der Waals surface area contributed by atoms with Crippen LogP contribution in [0.5, 0.6) is 0 Å². The Bertz CT molecular complexity index is 289. The number of hydrogen-bond acceptors (Lipinski definition) is 2. The lowest BCUT2D eigenvalue weighted by Gasteiger charge is -2.12. The summed E-state index contributed by atoms with van der Waals surface area (Å²) in [5, 5.41) is 0. The van der Waals surface area contributed by atoms with Gasteiger partial charge >= 0.3 is 0 Å². The fourth-order valence-corrected chi connectivity index (χ4v) is 3.54. The molecule has 0 saturated carbocycles. The molecule has 0 bridgehead atoms. The number of thiol groups is 1. The molecule has 84 valence electrons. The van der Waals surface area contributed by atoms with Gasteiger partial charge in [0.05, 0.1) is 0 Å². The van der Waals surface area contributed by atoms with E-state index in [1.54, 1.807) is 0 Å². The van der Waals surface area contributed by atoms with Crippen molar-refractivity contribution in [2.75, 3.05) is 11.5 Å². The van der Waals surface area contributed by atoms with Gasteiger partial charge in [-0.2, -0.15) is 12.6 Å². The molecule has 0 aromatic heterocycles. The third-order valence-corrected chi connectivity index (χ3v) is 4.47. The Morgan fingerprint density at radius 3 is 2.87 bits per heavy atom. The van der Waals surface area contributed by atoms with Crippen LogP contribution >= 0.6 is 40.3 Å². The van der Waals surface area contributed by atoms with Crippen LogP contribution in [0.15, 0.2) is 33.6 Å². The number of rotatable bonds is 6. The number of halogens is 1. The number of benzene rings is 1. The SMILES string of the molecule is CCCC(CS)CSc1cccc(Br)c1. The molecule has 15 heavy (non-hydrogen) atoms. The summed E-state index contributed by atoms with van der Waals surface area (Å²) in [4.78, 5) is 1.34. The van der Waals surface area contributed by atoms with Gasteiger partial charge in [0.2, 0.25) is 0 Å². The second-order valence-corrected chi connectivity index (χ2v) is 5.98. The van der Waals surface area contributed by atoms with Gasteiger partial charge in [-0.1, -0.05) is 35.3 Å². The highest BCUT2D eigenvalue weighted by molar-refractivity contribution is 9.10. The van der Waals surface area contributed by atoms with Crippen molar-refractivity contribution in [1.82, 2.24) is 0 Å². The van der Waals surface area contributed by atoms with Crippen LogP contribution in [0.2, 0.25) is 0 Å². The smallest absolute Gasteiger partial charge is 0.0186 e. The lowest BCUT2D eigenvalue weighted by molar-refractivity contribution is 0.595. The van der Waals surface area contributed by atoms with E-state index >= 15 is 0 Å². The van der Waals surface area contributed by atoms with Crippen LogP contribution in [-0.2, 0) is 0 Å². The molecule has 0 heterocycles. The topological polar surface area (TPSA) is 0 Å². The standard InChI is InChI=1S/C12H17BrS2/c1-2-4-10(8-14)9-15-12-6-3-5-11(13)7-12/h3,5-7,10,14H,2,4,8-9H2,1H3.